The molecule has 1 saturated carbocycles. The molecule has 0 unspecified atom stereocenters. The van der Waals surface area contributed by atoms with Crippen molar-refractivity contribution in [1.82, 2.24) is 18.7 Å². The topological polar surface area (TPSA) is 120 Å². The third kappa shape index (κ3) is 4.47. The maximum Gasteiger partial charge on any atom is 0.321 e. The van der Waals surface area contributed by atoms with Crippen molar-refractivity contribution in [2.75, 3.05) is 13.6 Å². The number of para-hydroxylation sites is 1. The minimum absolute atomic E-state index is 0.0321. The van der Waals surface area contributed by atoms with Gasteiger partial charge in [-0.3, -0.25) is 9.78 Å². The number of likely N-dealkylation sites (N-methyl/N-ethyl adjacent to an activating group) is 1. The number of nitrogens with two attached hydrogens (primary N) is 1. The SMILES string of the molecule is CN(CC(=O)O[C@@H]1CCCC[C@]1(C(N)=S)c1ccc2nccn2c1)S(=O)(=O)c1cccc2cccnc12. The first-order chi connectivity index (χ1) is 17.7. The molecular weight excluding hydrogens is 510 g/mol. The number of benzene rings is 1. The van der Waals surface area contributed by atoms with Crippen LogP contribution in [0.15, 0.2) is 72.1 Å². The van der Waals surface area contributed by atoms with E-state index in [4.69, 9.17) is 22.7 Å². The van der Waals surface area contributed by atoms with Crippen molar-refractivity contribution in [2.24, 2.45) is 5.73 Å². The Morgan fingerprint density at radius 3 is 2.81 bits per heavy atom. The first-order valence-corrected chi connectivity index (χ1v) is 13.8. The number of carbonyl (C=O) groups excluding carboxylic acids is 1. The zero-order chi connectivity index (χ0) is 26.2. The molecule has 4 aromatic rings. The molecule has 0 saturated heterocycles. The van der Waals surface area contributed by atoms with E-state index in [2.05, 4.69) is 9.97 Å². The number of hydrogen-bond donors (Lipinski definition) is 1. The lowest BCUT2D eigenvalue weighted by molar-refractivity contribution is -0.153. The fraction of sp³-hybridized carbons (Fsp3) is 0.308. The summed E-state index contributed by atoms with van der Waals surface area (Å²) >= 11 is 5.55. The lowest BCUT2D eigenvalue weighted by atomic mass is 9.67. The van der Waals surface area contributed by atoms with Crippen LogP contribution < -0.4 is 5.73 Å². The molecule has 37 heavy (non-hydrogen) atoms. The van der Waals surface area contributed by atoms with E-state index in [1.54, 1.807) is 30.5 Å². The molecule has 0 spiro atoms. The summed E-state index contributed by atoms with van der Waals surface area (Å²) in [5.41, 5.74) is 7.42. The molecule has 11 heteroatoms. The number of hydrogen-bond acceptors (Lipinski definition) is 7. The molecule has 5 rings (SSSR count). The van der Waals surface area contributed by atoms with Crippen molar-refractivity contribution in [1.29, 1.82) is 0 Å². The van der Waals surface area contributed by atoms with Crippen LogP contribution in [0.5, 0.6) is 0 Å². The summed E-state index contributed by atoms with van der Waals surface area (Å²) in [7, 11) is -2.65. The number of esters is 1. The van der Waals surface area contributed by atoms with Crippen molar-refractivity contribution in [3.05, 3.63) is 72.8 Å². The Labute approximate surface area is 220 Å². The first-order valence-electron chi connectivity index (χ1n) is 12.0. The second-order valence-electron chi connectivity index (χ2n) is 9.26. The second-order valence-corrected chi connectivity index (χ2v) is 11.7. The molecule has 3 aromatic heterocycles. The van der Waals surface area contributed by atoms with E-state index in [0.717, 1.165) is 28.4 Å². The molecule has 192 valence electrons. The minimum Gasteiger partial charge on any atom is -0.460 e. The van der Waals surface area contributed by atoms with Crippen LogP contribution in [0.4, 0.5) is 0 Å². The van der Waals surface area contributed by atoms with E-state index in [9.17, 15) is 13.2 Å². The van der Waals surface area contributed by atoms with Crippen LogP contribution in [0.2, 0.25) is 0 Å². The highest BCUT2D eigenvalue weighted by atomic mass is 32.2. The van der Waals surface area contributed by atoms with E-state index in [1.807, 2.05) is 28.9 Å². The average molecular weight is 538 g/mol. The van der Waals surface area contributed by atoms with Gasteiger partial charge < -0.3 is 14.9 Å². The Morgan fingerprint density at radius 1 is 1.19 bits per heavy atom. The third-order valence-corrected chi connectivity index (χ3v) is 9.29. The Kier molecular flexibility index (Phi) is 6.69. The van der Waals surface area contributed by atoms with Gasteiger partial charge in [0.25, 0.3) is 0 Å². The Balaban J connectivity index is 1.40. The highest BCUT2D eigenvalue weighted by molar-refractivity contribution is 7.89. The highest BCUT2D eigenvalue weighted by Gasteiger charge is 2.47. The average Bonchev–Trinajstić information content (AvgIpc) is 3.36. The molecule has 1 aliphatic rings. The predicted octanol–water partition coefficient (Wildman–Crippen LogP) is 3.21. The quantitative estimate of drug-likeness (QED) is 0.282. The maximum absolute atomic E-state index is 13.4. The summed E-state index contributed by atoms with van der Waals surface area (Å²) in [5.74, 6) is -0.671. The van der Waals surface area contributed by atoms with Gasteiger partial charge in [0, 0.05) is 37.2 Å². The van der Waals surface area contributed by atoms with Gasteiger partial charge in [0.2, 0.25) is 10.0 Å². The summed E-state index contributed by atoms with van der Waals surface area (Å²) in [6, 6.07) is 12.2. The number of sulfonamides is 1. The number of imidazole rings is 1. The summed E-state index contributed by atoms with van der Waals surface area (Å²) in [5, 5.41) is 0.692. The highest BCUT2D eigenvalue weighted by Crippen LogP contribution is 2.42. The van der Waals surface area contributed by atoms with Crippen LogP contribution >= 0.6 is 12.2 Å². The van der Waals surface area contributed by atoms with Crippen LogP contribution in [0.3, 0.4) is 0 Å². The van der Waals surface area contributed by atoms with E-state index in [1.165, 1.54) is 19.3 Å². The Bertz CT molecular complexity index is 1600. The second kappa shape index (κ2) is 9.81. The summed E-state index contributed by atoms with van der Waals surface area (Å²) < 4.78 is 35.5. The molecule has 0 radical (unpaired) electrons. The summed E-state index contributed by atoms with van der Waals surface area (Å²) in [6.45, 7) is -0.462. The lowest BCUT2D eigenvalue weighted by Crippen LogP contribution is -2.53. The number of ether oxygens (including phenoxy) is 1. The molecule has 2 atom stereocenters. The van der Waals surface area contributed by atoms with Crippen LogP contribution in [0.25, 0.3) is 16.6 Å². The minimum atomic E-state index is -4.01. The van der Waals surface area contributed by atoms with Crippen LogP contribution in [0.1, 0.15) is 31.2 Å². The van der Waals surface area contributed by atoms with Gasteiger partial charge in [0.15, 0.2) is 0 Å². The number of aromatic nitrogens is 3. The standard InChI is InChI=1S/C26H27N5O4S2/c1-30(37(33,34)20-8-4-6-18-7-5-13-29-24(18)20)17-23(32)35-21-9-2-3-12-26(21,25(27)36)19-10-11-22-28-14-15-31(22)16-19/h4-8,10-11,13-16,21H,2-3,9,12,17H2,1H3,(H2,27,36)/t21-,26+/m1/s1. The number of rotatable bonds is 7. The maximum atomic E-state index is 13.4. The molecular formula is C26H27N5O4S2. The van der Waals surface area contributed by atoms with Crippen molar-refractivity contribution >= 4 is 49.7 Å². The first kappa shape index (κ1) is 25.2. The van der Waals surface area contributed by atoms with E-state index < -0.39 is 34.1 Å². The molecule has 1 aliphatic carbocycles. The number of nitrogens with zero attached hydrogens (tertiary/aromatic N) is 4. The van der Waals surface area contributed by atoms with Gasteiger partial charge >= 0.3 is 5.97 Å². The number of fused-ring (bicyclic) bond motifs is 2. The smallest absolute Gasteiger partial charge is 0.321 e. The monoisotopic (exact) mass is 537 g/mol. The largest absolute Gasteiger partial charge is 0.460 e. The zero-order valence-corrected chi connectivity index (χ0v) is 21.9. The van der Waals surface area contributed by atoms with Gasteiger partial charge in [-0.2, -0.15) is 4.31 Å². The van der Waals surface area contributed by atoms with Gasteiger partial charge in [-0.25, -0.2) is 13.4 Å². The molecule has 1 aromatic carbocycles. The van der Waals surface area contributed by atoms with Crippen LogP contribution in [-0.2, 0) is 25.0 Å². The van der Waals surface area contributed by atoms with Gasteiger partial charge in [-0.05, 0) is 43.0 Å². The summed E-state index contributed by atoms with van der Waals surface area (Å²) in [6.07, 6.45) is 9.26. The van der Waals surface area contributed by atoms with Crippen molar-refractivity contribution in [3.8, 4) is 0 Å². The van der Waals surface area contributed by atoms with Crippen molar-refractivity contribution in [3.63, 3.8) is 0 Å². The number of carbonyl (C=O) groups is 1. The normalized spacial score (nSPS) is 20.3. The van der Waals surface area contributed by atoms with Crippen molar-refractivity contribution < 1.29 is 17.9 Å². The Hall–Kier alpha value is -3.41. The van der Waals surface area contributed by atoms with E-state index >= 15 is 0 Å². The van der Waals surface area contributed by atoms with E-state index in [-0.39, 0.29) is 9.88 Å². The van der Waals surface area contributed by atoms with Gasteiger partial charge in [-0.15, -0.1) is 0 Å². The molecule has 3 heterocycles. The van der Waals surface area contributed by atoms with Gasteiger partial charge in [-0.1, -0.05) is 42.9 Å². The predicted molar refractivity (Wildman–Crippen MR) is 144 cm³/mol. The molecule has 0 bridgehead atoms. The lowest BCUT2D eigenvalue weighted by Gasteiger charge is -2.43. The molecule has 0 aliphatic heterocycles. The molecule has 0 amide bonds. The van der Waals surface area contributed by atoms with Crippen LogP contribution in [-0.4, -0.2) is 57.7 Å². The van der Waals surface area contributed by atoms with E-state index in [0.29, 0.717) is 23.7 Å². The van der Waals surface area contributed by atoms with Gasteiger partial charge in [0.05, 0.1) is 15.9 Å². The molecule has 2 N–H and O–H groups in total. The fourth-order valence-electron chi connectivity index (χ4n) is 5.15. The number of thiocarbonyl (C=S) groups is 1. The Morgan fingerprint density at radius 2 is 2.00 bits per heavy atom. The molecule has 9 nitrogen and oxygen atoms in total. The van der Waals surface area contributed by atoms with Crippen molar-refractivity contribution in [2.45, 2.75) is 42.1 Å². The fourth-order valence-corrected chi connectivity index (χ4v) is 6.78. The zero-order valence-electron chi connectivity index (χ0n) is 20.3. The number of pyridine rings is 2. The summed E-state index contributed by atoms with van der Waals surface area (Å²) in [4.78, 5) is 21.9. The van der Waals surface area contributed by atoms with Gasteiger partial charge in [0.1, 0.15) is 23.2 Å². The molecule has 1 fully saturated rings. The van der Waals surface area contributed by atoms with Crippen LogP contribution in [0, 0.1) is 0 Å². The third-order valence-electron chi connectivity index (χ3n) is 7.09.